The quantitative estimate of drug-likeness (QED) is 0.676. The number of carbonyl (C=O) groups is 1. The third kappa shape index (κ3) is 3.16. The van der Waals surface area contributed by atoms with Crippen LogP contribution in [0.3, 0.4) is 0 Å². The van der Waals surface area contributed by atoms with E-state index >= 15 is 0 Å². The molecule has 0 amide bonds. The molecule has 0 fully saturated rings. The van der Waals surface area contributed by atoms with E-state index in [1.165, 1.54) is 0 Å². The van der Waals surface area contributed by atoms with Gasteiger partial charge in [-0.15, -0.1) is 0 Å². The molecule has 2 aromatic rings. The Morgan fingerprint density at radius 3 is 3.05 bits per heavy atom. The number of hydrogen-bond donors (Lipinski definition) is 1. The Morgan fingerprint density at radius 1 is 1.53 bits per heavy atom. The third-order valence-corrected chi connectivity index (χ3v) is 3.44. The molecule has 6 heteroatoms. The molecule has 0 atom stereocenters. The average molecular weight is 299 g/mol. The molecule has 0 radical (unpaired) electrons. The number of benzene rings is 1. The Morgan fingerprint density at radius 2 is 2.32 bits per heavy atom. The molecule has 0 bridgehead atoms. The molecule has 0 aliphatic heterocycles. The number of hydrogen-bond acceptors (Lipinski definition) is 3. The number of ether oxygens (including phenoxy) is 1. The van der Waals surface area contributed by atoms with Crippen molar-refractivity contribution in [3.63, 3.8) is 0 Å². The Labute approximate surface area is 121 Å². The van der Waals surface area contributed by atoms with E-state index in [0.29, 0.717) is 35.8 Å². The third-order valence-electron chi connectivity index (χ3n) is 2.81. The summed E-state index contributed by atoms with van der Waals surface area (Å²) in [5.74, 6) is -0.181. The predicted molar refractivity (Wildman–Crippen MR) is 78.0 cm³/mol. The Kier molecular flexibility index (Phi) is 4.61. The number of aryl methyl sites for hydroxylation is 1. The van der Waals surface area contributed by atoms with Crippen molar-refractivity contribution in [1.29, 1.82) is 0 Å². The highest BCUT2D eigenvalue weighted by Gasteiger charge is 2.08. The summed E-state index contributed by atoms with van der Waals surface area (Å²) in [6.07, 6.45) is 1.05. The van der Waals surface area contributed by atoms with Gasteiger partial charge >= 0.3 is 5.97 Å². The van der Waals surface area contributed by atoms with Gasteiger partial charge < -0.3 is 14.3 Å². The normalized spacial score (nSPS) is 10.8. The molecule has 19 heavy (non-hydrogen) atoms. The summed E-state index contributed by atoms with van der Waals surface area (Å²) in [5, 5.41) is 0.654. The van der Waals surface area contributed by atoms with Crippen molar-refractivity contribution in [3.05, 3.63) is 28.0 Å². The lowest BCUT2D eigenvalue weighted by Gasteiger charge is -2.05. The first-order chi connectivity index (χ1) is 9.13. The van der Waals surface area contributed by atoms with Crippen LogP contribution in [0, 0.1) is 4.77 Å². The first kappa shape index (κ1) is 14.1. The smallest absolute Gasteiger partial charge is 0.305 e. The average Bonchev–Trinajstić information content (AvgIpc) is 2.67. The number of rotatable bonds is 5. The fourth-order valence-corrected chi connectivity index (χ4v) is 2.57. The maximum absolute atomic E-state index is 11.3. The van der Waals surface area contributed by atoms with Gasteiger partial charge in [-0.3, -0.25) is 4.79 Å². The monoisotopic (exact) mass is 298 g/mol. The zero-order valence-electron chi connectivity index (χ0n) is 10.6. The van der Waals surface area contributed by atoms with Gasteiger partial charge in [0.15, 0.2) is 4.77 Å². The van der Waals surface area contributed by atoms with Crippen LogP contribution in [0.4, 0.5) is 0 Å². The summed E-state index contributed by atoms with van der Waals surface area (Å²) >= 11 is 11.5. The number of halogens is 1. The topological polar surface area (TPSA) is 47.0 Å². The fourth-order valence-electron chi connectivity index (χ4n) is 2.00. The van der Waals surface area contributed by atoms with Crippen molar-refractivity contribution in [3.8, 4) is 0 Å². The Bertz CT molecular complexity index is 648. The largest absolute Gasteiger partial charge is 0.466 e. The van der Waals surface area contributed by atoms with E-state index in [1.54, 1.807) is 6.92 Å². The number of aromatic nitrogens is 2. The minimum atomic E-state index is -0.181. The van der Waals surface area contributed by atoms with Gasteiger partial charge in [0.2, 0.25) is 0 Å². The number of nitrogens with zero attached hydrogens (tertiary/aromatic N) is 1. The summed E-state index contributed by atoms with van der Waals surface area (Å²) in [7, 11) is 0. The molecule has 2 rings (SSSR count). The van der Waals surface area contributed by atoms with E-state index in [-0.39, 0.29) is 5.97 Å². The van der Waals surface area contributed by atoms with Gasteiger partial charge in [0.05, 0.1) is 22.7 Å². The highest BCUT2D eigenvalue weighted by Crippen LogP contribution is 2.23. The van der Waals surface area contributed by atoms with Crippen LogP contribution in [0.5, 0.6) is 0 Å². The second kappa shape index (κ2) is 6.21. The van der Waals surface area contributed by atoms with Crippen molar-refractivity contribution in [2.24, 2.45) is 0 Å². The van der Waals surface area contributed by atoms with Crippen LogP contribution in [0.25, 0.3) is 11.0 Å². The molecular formula is C13H15ClN2O2S. The van der Waals surface area contributed by atoms with Crippen molar-refractivity contribution in [2.45, 2.75) is 26.3 Å². The number of aromatic amines is 1. The Hall–Kier alpha value is -1.33. The minimum Gasteiger partial charge on any atom is -0.466 e. The van der Waals surface area contributed by atoms with Crippen LogP contribution in [0.2, 0.25) is 5.02 Å². The number of H-pyrrole nitrogens is 1. The SMILES string of the molecule is CCOC(=O)CCCn1c(=S)[nH]c2cccc(Cl)c21. The van der Waals surface area contributed by atoms with Gasteiger partial charge in [-0.1, -0.05) is 17.7 Å². The number of para-hydroxylation sites is 1. The molecule has 0 aliphatic rings. The molecule has 0 unspecified atom stereocenters. The molecule has 0 saturated carbocycles. The summed E-state index contributed by atoms with van der Waals surface area (Å²) < 4.78 is 7.44. The highest BCUT2D eigenvalue weighted by molar-refractivity contribution is 7.71. The second-order valence-corrected chi connectivity index (χ2v) is 4.92. The summed E-state index contributed by atoms with van der Waals surface area (Å²) in [5.41, 5.74) is 1.80. The van der Waals surface area contributed by atoms with Crippen molar-refractivity contribution < 1.29 is 9.53 Å². The summed E-state index contributed by atoms with van der Waals surface area (Å²) in [4.78, 5) is 14.4. The van der Waals surface area contributed by atoms with Gasteiger partial charge in [0.1, 0.15) is 0 Å². The van der Waals surface area contributed by atoms with Gasteiger partial charge in [0.25, 0.3) is 0 Å². The van der Waals surface area contributed by atoms with Crippen LogP contribution < -0.4 is 0 Å². The number of nitrogens with one attached hydrogen (secondary N) is 1. The molecule has 1 heterocycles. The molecule has 102 valence electrons. The fraction of sp³-hybridized carbons (Fsp3) is 0.385. The van der Waals surface area contributed by atoms with Gasteiger partial charge in [-0.2, -0.15) is 0 Å². The molecule has 0 aliphatic carbocycles. The lowest BCUT2D eigenvalue weighted by atomic mass is 10.3. The number of fused-ring (bicyclic) bond motifs is 1. The summed E-state index contributed by atoms with van der Waals surface area (Å²) in [6, 6.07) is 5.63. The molecule has 4 nitrogen and oxygen atoms in total. The van der Waals surface area contributed by atoms with Crippen molar-refractivity contribution >= 4 is 40.8 Å². The molecular weight excluding hydrogens is 284 g/mol. The van der Waals surface area contributed by atoms with E-state index < -0.39 is 0 Å². The van der Waals surface area contributed by atoms with Crippen LogP contribution in [-0.2, 0) is 16.1 Å². The standard InChI is InChI=1S/C13H15ClN2O2S/c1-2-18-11(17)7-4-8-16-12-9(14)5-3-6-10(12)15-13(16)19/h3,5-6H,2,4,7-8H2,1H3,(H,15,19). The van der Waals surface area contributed by atoms with E-state index in [1.807, 2.05) is 22.8 Å². The Balaban J connectivity index is 2.15. The molecule has 1 aromatic heterocycles. The first-order valence-electron chi connectivity index (χ1n) is 6.16. The van der Waals surface area contributed by atoms with Crippen molar-refractivity contribution in [2.75, 3.05) is 6.61 Å². The highest BCUT2D eigenvalue weighted by atomic mass is 35.5. The van der Waals surface area contributed by atoms with Gasteiger partial charge in [-0.25, -0.2) is 0 Å². The molecule has 1 N–H and O–H groups in total. The minimum absolute atomic E-state index is 0.181. The molecule has 0 spiro atoms. The zero-order chi connectivity index (χ0) is 13.8. The van der Waals surface area contributed by atoms with E-state index in [4.69, 9.17) is 28.6 Å². The van der Waals surface area contributed by atoms with Crippen LogP contribution in [-0.4, -0.2) is 22.1 Å². The van der Waals surface area contributed by atoms with Crippen molar-refractivity contribution in [1.82, 2.24) is 9.55 Å². The lowest BCUT2D eigenvalue weighted by molar-refractivity contribution is -0.143. The number of carbonyl (C=O) groups excluding carboxylic acids is 1. The maximum atomic E-state index is 11.3. The van der Waals surface area contributed by atoms with E-state index in [0.717, 1.165) is 11.0 Å². The van der Waals surface area contributed by atoms with E-state index in [2.05, 4.69) is 4.98 Å². The molecule has 1 aromatic carbocycles. The van der Waals surface area contributed by atoms with Crippen LogP contribution in [0.15, 0.2) is 18.2 Å². The maximum Gasteiger partial charge on any atom is 0.305 e. The van der Waals surface area contributed by atoms with Crippen LogP contribution >= 0.6 is 23.8 Å². The van der Waals surface area contributed by atoms with Gasteiger partial charge in [-0.05, 0) is 37.7 Å². The van der Waals surface area contributed by atoms with Gasteiger partial charge in [0, 0.05) is 13.0 Å². The second-order valence-electron chi connectivity index (χ2n) is 4.13. The zero-order valence-corrected chi connectivity index (χ0v) is 12.2. The lowest BCUT2D eigenvalue weighted by Crippen LogP contribution is -2.06. The first-order valence-corrected chi connectivity index (χ1v) is 6.94. The molecule has 0 saturated heterocycles. The predicted octanol–water partition coefficient (Wildman–Crippen LogP) is 3.70. The number of esters is 1. The van der Waals surface area contributed by atoms with E-state index in [9.17, 15) is 4.79 Å². The number of imidazole rings is 1. The van der Waals surface area contributed by atoms with Crippen LogP contribution in [0.1, 0.15) is 19.8 Å². The summed E-state index contributed by atoms with van der Waals surface area (Å²) in [6.45, 7) is 2.85.